The first kappa shape index (κ1) is 27.7. The van der Waals surface area contributed by atoms with Gasteiger partial charge in [-0.2, -0.15) is 13.2 Å². The van der Waals surface area contributed by atoms with E-state index in [4.69, 9.17) is 11.6 Å². The zero-order valence-corrected chi connectivity index (χ0v) is 21.5. The van der Waals surface area contributed by atoms with Gasteiger partial charge in [-0.05, 0) is 49.6 Å². The van der Waals surface area contributed by atoms with Crippen LogP contribution in [0.5, 0.6) is 0 Å². The molecule has 8 nitrogen and oxygen atoms in total. The normalized spacial score (nSPS) is 20.4. The number of rotatable bonds is 5. The number of amides is 3. The fourth-order valence-corrected chi connectivity index (χ4v) is 5.40. The summed E-state index contributed by atoms with van der Waals surface area (Å²) < 4.78 is 38.3. The van der Waals surface area contributed by atoms with Crippen molar-refractivity contribution in [1.82, 2.24) is 19.7 Å². The van der Waals surface area contributed by atoms with E-state index in [9.17, 15) is 32.7 Å². The number of benzene rings is 1. The second-order valence-corrected chi connectivity index (χ2v) is 9.97. The molecule has 0 radical (unpaired) electrons. The zero-order valence-electron chi connectivity index (χ0n) is 20.7. The van der Waals surface area contributed by atoms with E-state index >= 15 is 0 Å². The predicted octanol–water partition coefficient (Wildman–Crippen LogP) is 4.60. The molecule has 12 heteroatoms. The van der Waals surface area contributed by atoms with E-state index in [0.717, 1.165) is 17.7 Å². The summed E-state index contributed by atoms with van der Waals surface area (Å²) in [5, 5.41) is 10.3. The van der Waals surface area contributed by atoms with Gasteiger partial charge in [0, 0.05) is 55.8 Å². The molecule has 2 fully saturated rings. The van der Waals surface area contributed by atoms with E-state index in [0.29, 0.717) is 30.6 Å². The molecular weight excluding hydrogens is 525 g/mol. The third-order valence-corrected chi connectivity index (χ3v) is 7.58. The summed E-state index contributed by atoms with van der Waals surface area (Å²) >= 11 is 6.03. The minimum absolute atomic E-state index is 0.0794. The van der Waals surface area contributed by atoms with Gasteiger partial charge in [0.2, 0.25) is 5.91 Å². The van der Waals surface area contributed by atoms with E-state index in [1.807, 2.05) is 12.1 Å². The predicted molar refractivity (Wildman–Crippen MR) is 133 cm³/mol. The van der Waals surface area contributed by atoms with Crippen molar-refractivity contribution in [3.8, 4) is 0 Å². The standard InChI is InChI=1S/C26H28ClF3N4O4/c1-2-34(25(37)38)22-15-33(14-20(22)16-3-6-19(27)7-4-16)23(35)17-9-11-32(12-10-17)24(36)21-8-5-18(13-31-21)26(28,29)30/h3-8,13,17,20,22H,2,9-12,14-15H2,1H3,(H,37,38)/t20-,22+/m0/s1. The van der Waals surface area contributed by atoms with Crippen molar-refractivity contribution in [2.75, 3.05) is 32.7 Å². The van der Waals surface area contributed by atoms with Crippen molar-refractivity contribution in [3.05, 3.63) is 64.4 Å². The number of carboxylic acid groups (broad SMARTS) is 1. The van der Waals surface area contributed by atoms with Gasteiger partial charge in [-0.1, -0.05) is 23.7 Å². The Labute approximate surface area is 223 Å². The quantitative estimate of drug-likeness (QED) is 0.585. The van der Waals surface area contributed by atoms with Crippen LogP contribution in [0.2, 0.25) is 5.02 Å². The number of carbonyl (C=O) groups is 3. The smallest absolute Gasteiger partial charge is 0.417 e. The molecule has 2 saturated heterocycles. The van der Waals surface area contributed by atoms with Gasteiger partial charge in [-0.15, -0.1) is 0 Å². The Kier molecular flexibility index (Phi) is 8.15. The maximum atomic E-state index is 13.5. The fourth-order valence-electron chi connectivity index (χ4n) is 5.27. The molecule has 0 saturated carbocycles. The third kappa shape index (κ3) is 5.87. The van der Waals surface area contributed by atoms with Crippen molar-refractivity contribution >= 4 is 29.5 Å². The topological polar surface area (TPSA) is 94.0 Å². The Bertz CT molecular complexity index is 1170. The van der Waals surface area contributed by atoms with Crippen LogP contribution in [-0.2, 0) is 11.0 Å². The lowest BCUT2D eigenvalue weighted by molar-refractivity contribution is -0.138. The molecule has 3 heterocycles. The van der Waals surface area contributed by atoms with Crippen molar-refractivity contribution < 1.29 is 32.7 Å². The summed E-state index contributed by atoms with van der Waals surface area (Å²) in [6, 6.07) is 8.67. The summed E-state index contributed by atoms with van der Waals surface area (Å²) in [6.07, 6.45) is -4.15. The Morgan fingerprint density at radius 3 is 2.24 bits per heavy atom. The number of piperidine rings is 1. The Balaban J connectivity index is 1.41. The molecule has 1 N–H and O–H groups in total. The second-order valence-electron chi connectivity index (χ2n) is 9.53. The van der Waals surface area contributed by atoms with Crippen LogP contribution in [0.3, 0.4) is 0 Å². The molecule has 38 heavy (non-hydrogen) atoms. The number of nitrogens with zero attached hydrogens (tertiary/aromatic N) is 4. The number of aromatic nitrogens is 1. The highest BCUT2D eigenvalue weighted by Gasteiger charge is 2.43. The highest BCUT2D eigenvalue weighted by Crippen LogP contribution is 2.34. The fraction of sp³-hybridized carbons (Fsp3) is 0.462. The minimum Gasteiger partial charge on any atom is -0.465 e. The molecule has 2 aromatic rings. The van der Waals surface area contributed by atoms with Crippen LogP contribution in [0, 0.1) is 5.92 Å². The van der Waals surface area contributed by atoms with Gasteiger partial charge in [0.15, 0.2) is 0 Å². The summed E-state index contributed by atoms with van der Waals surface area (Å²) in [5.41, 5.74) is -0.105. The molecule has 204 valence electrons. The Morgan fingerprint density at radius 2 is 1.71 bits per heavy atom. The highest BCUT2D eigenvalue weighted by atomic mass is 35.5. The molecule has 2 aliphatic heterocycles. The van der Waals surface area contributed by atoms with Crippen LogP contribution in [-0.4, -0.2) is 81.5 Å². The van der Waals surface area contributed by atoms with Gasteiger partial charge < -0.3 is 19.8 Å². The molecule has 0 bridgehead atoms. The van der Waals surface area contributed by atoms with Gasteiger partial charge in [0.25, 0.3) is 5.91 Å². The second kappa shape index (κ2) is 11.2. The lowest BCUT2D eigenvalue weighted by Gasteiger charge is -2.33. The first-order valence-corrected chi connectivity index (χ1v) is 12.7. The number of likely N-dealkylation sites (N-methyl/N-ethyl adjacent to an activating group) is 1. The van der Waals surface area contributed by atoms with Crippen molar-refractivity contribution in [1.29, 1.82) is 0 Å². The van der Waals surface area contributed by atoms with Crippen molar-refractivity contribution in [2.24, 2.45) is 5.92 Å². The number of likely N-dealkylation sites (tertiary alicyclic amines) is 2. The Hall–Kier alpha value is -3.34. The van der Waals surface area contributed by atoms with E-state index < -0.39 is 29.8 Å². The van der Waals surface area contributed by atoms with Crippen molar-refractivity contribution in [2.45, 2.75) is 37.9 Å². The molecule has 2 aliphatic rings. The van der Waals surface area contributed by atoms with Crippen LogP contribution in [0.25, 0.3) is 0 Å². The van der Waals surface area contributed by atoms with Gasteiger partial charge in [-0.3, -0.25) is 14.6 Å². The molecular formula is C26H28ClF3N4O4. The summed E-state index contributed by atoms with van der Waals surface area (Å²) in [5.74, 6) is -1.12. The van der Waals surface area contributed by atoms with Crippen LogP contribution in [0.4, 0.5) is 18.0 Å². The van der Waals surface area contributed by atoms with Gasteiger partial charge in [0.05, 0.1) is 11.6 Å². The number of hydrogen-bond acceptors (Lipinski definition) is 4. The average Bonchev–Trinajstić information content (AvgIpc) is 3.33. The van der Waals surface area contributed by atoms with Gasteiger partial charge in [0.1, 0.15) is 5.69 Å². The van der Waals surface area contributed by atoms with Gasteiger partial charge >= 0.3 is 12.3 Å². The lowest BCUT2D eigenvalue weighted by atomic mass is 9.93. The molecule has 0 unspecified atom stereocenters. The number of halogens is 4. The monoisotopic (exact) mass is 552 g/mol. The van der Waals surface area contributed by atoms with Crippen molar-refractivity contribution in [3.63, 3.8) is 0 Å². The molecule has 0 aliphatic carbocycles. The number of alkyl halides is 3. The van der Waals surface area contributed by atoms with E-state index in [1.54, 1.807) is 24.0 Å². The molecule has 3 amide bonds. The summed E-state index contributed by atoms with van der Waals surface area (Å²) in [7, 11) is 0. The lowest BCUT2D eigenvalue weighted by Crippen LogP contribution is -2.46. The summed E-state index contributed by atoms with van der Waals surface area (Å²) in [6.45, 7) is 3.21. The molecule has 1 aromatic heterocycles. The minimum atomic E-state index is -4.53. The van der Waals surface area contributed by atoms with E-state index in [2.05, 4.69) is 4.98 Å². The number of hydrogen-bond donors (Lipinski definition) is 1. The number of carbonyl (C=O) groups excluding carboxylic acids is 2. The van der Waals surface area contributed by atoms with Crippen LogP contribution in [0.15, 0.2) is 42.6 Å². The molecule has 1 aromatic carbocycles. The van der Waals surface area contributed by atoms with Crippen LogP contribution >= 0.6 is 11.6 Å². The van der Waals surface area contributed by atoms with E-state index in [-0.39, 0.29) is 49.6 Å². The molecule has 0 spiro atoms. The third-order valence-electron chi connectivity index (χ3n) is 7.33. The SMILES string of the molecule is CCN(C(=O)O)[C@@H]1CN(C(=O)C2CCN(C(=O)c3ccc(C(F)(F)F)cn3)CC2)C[C@H]1c1ccc(Cl)cc1. The maximum absolute atomic E-state index is 13.5. The Morgan fingerprint density at radius 1 is 1.05 bits per heavy atom. The van der Waals surface area contributed by atoms with E-state index in [1.165, 1.54) is 9.80 Å². The van der Waals surface area contributed by atoms with Crippen LogP contribution in [0.1, 0.15) is 47.3 Å². The largest absolute Gasteiger partial charge is 0.465 e. The average molecular weight is 553 g/mol. The highest BCUT2D eigenvalue weighted by molar-refractivity contribution is 6.30. The van der Waals surface area contributed by atoms with Gasteiger partial charge in [-0.25, -0.2) is 4.79 Å². The molecule has 2 atom stereocenters. The van der Waals surface area contributed by atoms with Crippen LogP contribution < -0.4 is 0 Å². The first-order chi connectivity index (χ1) is 18.0. The first-order valence-electron chi connectivity index (χ1n) is 12.4. The zero-order chi connectivity index (χ0) is 27.6. The molecule has 4 rings (SSSR count). The maximum Gasteiger partial charge on any atom is 0.417 e. The number of pyridine rings is 1. The summed E-state index contributed by atoms with van der Waals surface area (Å²) in [4.78, 5) is 46.3.